The van der Waals surface area contributed by atoms with E-state index in [2.05, 4.69) is 0 Å². The molecule has 94 valence electrons. The molecule has 0 spiro atoms. The van der Waals surface area contributed by atoms with Gasteiger partial charge < -0.3 is 9.47 Å². The minimum absolute atomic E-state index is 0.247. The first-order valence-electron chi connectivity index (χ1n) is 5.42. The quantitative estimate of drug-likeness (QED) is 0.733. The Kier molecular flexibility index (Phi) is 4.97. The fourth-order valence-electron chi connectivity index (χ4n) is 1.27. The highest BCUT2D eigenvalue weighted by Crippen LogP contribution is 2.28. The number of rotatable bonds is 6. The third-order valence-electron chi connectivity index (χ3n) is 2.63. The summed E-state index contributed by atoms with van der Waals surface area (Å²) in [7, 11) is 1.66. The van der Waals surface area contributed by atoms with Crippen molar-refractivity contribution in [3.05, 3.63) is 28.8 Å². The van der Waals surface area contributed by atoms with Gasteiger partial charge in [-0.15, -0.1) is 0 Å². The SMILES string of the molecule is COC(C)(C)CCOc1c(Cl)cccc1C=O. The van der Waals surface area contributed by atoms with E-state index in [0.29, 0.717) is 29.4 Å². The second-order valence-corrected chi connectivity index (χ2v) is 4.75. The molecule has 1 rings (SSSR count). The van der Waals surface area contributed by atoms with Gasteiger partial charge in [-0.3, -0.25) is 4.79 Å². The molecule has 17 heavy (non-hydrogen) atoms. The van der Waals surface area contributed by atoms with Crippen molar-refractivity contribution < 1.29 is 14.3 Å². The lowest BCUT2D eigenvalue weighted by Crippen LogP contribution is -2.25. The molecule has 0 aliphatic carbocycles. The van der Waals surface area contributed by atoms with E-state index in [4.69, 9.17) is 21.1 Å². The fourth-order valence-corrected chi connectivity index (χ4v) is 1.51. The Morgan fingerprint density at radius 3 is 2.71 bits per heavy atom. The Hall–Kier alpha value is -1.06. The summed E-state index contributed by atoms with van der Waals surface area (Å²) in [4.78, 5) is 10.8. The number of para-hydroxylation sites is 1. The lowest BCUT2D eigenvalue weighted by Gasteiger charge is -2.23. The molecule has 0 aromatic heterocycles. The molecule has 3 nitrogen and oxygen atoms in total. The lowest BCUT2D eigenvalue weighted by molar-refractivity contribution is 0.00543. The van der Waals surface area contributed by atoms with Gasteiger partial charge in [0, 0.05) is 13.5 Å². The number of carbonyl (C=O) groups excluding carboxylic acids is 1. The first-order valence-corrected chi connectivity index (χ1v) is 5.79. The molecule has 4 heteroatoms. The van der Waals surface area contributed by atoms with E-state index in [9.17, 15) is 4.79 Å². The van der Waals surface area contributed by atoms with Crippen LogP contribution in [-0.2, 0) is 4.74 Å². The number of hydrogen-bond donors (Lipinski definition) is 0. The lowest BCUT2D eigenvalue weighted by atomic mass is 10.1. The summed E-state index contributed by atoms with van der Waals surface area (Å²) in [5.41, 5.74) is 0.218. The Balaban J connectivity index is 2.66. The maximum Gasteiger partial charge on any atom is 0.153 e. The molecule has 0 aliphatic heterocycles. The summed E-state index contributed by atoms with van der Waals surface area (Å²) in [6, 6.07) is 5.10. The van der Waals surface area contributed by atoms with E-state index in [1.165, 1.54) is 0 Å². The number of methoxy groups -OCH3 is 1. The van der Waals surface area contributed by atoms with Crippen LogP contribution >= 0.6 is 11.6 Å². The van der Waals surface area contributed by atoms with Crippen LogP contribution in [-0.4, -0.2) is 25.6 Å². The molecular formula is C13H17ClO3. The van der Waals surface area contributed by atoms with E-state index in [0.717, 1.165) is 6.29 Å². The van der Waals surface area contributed by atoms with E-state index in [1.807, 2.05) is 13.8 Å². The zero-order chi connectivity index (χ0) is 12.9. The van der Waals surface area contributed by atoms with Crippen LogP contribution in [0.3, 0.4) is 0 Å². The zero-order valence-electron chi connectivity index (χ0n) is 10.3. The molecule has 0 atom stereocenters. The maximum absolute atomic E-state index is 10.8. The van der Waals surface area contributed by atoms with Gasteiger partial charge in [0.15, 0.2) is 6.29 Å². The van der Waals surface area contributed by atoms with Crippen molar-refractivity contribution >= 4 is 17.9 Å². The van der Waals surface area contributed by atoms with Crippen LogP contribution in [0.4, 0.5) is 0 Å². The summed E-state index contributed by atoms with van der Waals surface area (Å²) in [5.74, 6) is 0.441. The average Bonchev–Trinajstić information content (AvgIpc) is 2.31. The van der Waals surface area contributed by atoms with Crippen LogP contribution < -0.4 is 4.74 Å². The van der Waals surface area contributed by atoms with Crippen molar-refractivity contribution in [3.63, 3.8) is 0 Å². The molecule has 0 amide bonds. The van der Waals surface area contributed by atoms with Crippen LogP contribution in [0.2, 0.25) is 5.02 Å². The predicted octanol–water partition coefficient (Wildman–Crippen LogP) is 3.35. The molecule has 0 unspecified atom stereocenters. The van der Waals surface area contributed by atoms with Crippen molar-refractivity contribution in [2.45, 2.75) is 25.9 Å². The third kappa shape index (κ3) is 4.02. The summed E-state index contributed by atoms with van der Waals surface area (Å²) >= 11 is 5.98. The number of halogens is 1. The van der Waals surface area contributed by atoms with Gasteiger partial charge in [0.2, 0.25) is 0 Å². The van der Waals surface area contributed by atoms with Crippen molar-refractivity contribution in [3.8, 4) is 5.75 Å². The van der Waals surface area contributed by atoms with E-state index in [1.54, 1.807) is 25.3 Å². The number of aldehydes is 1. The van der Waals surface area contributed by atoms with Crippen LogP contribution in [0.25, 0.3) is 0 Å². The van der Waals surface area contributed by atoms with Crippen molar-refractivity contribution in [2.75, 3.05) is 13.7 Å². The van der Waals surface area contributed by atoms with Crippen molar-refractivity contribution in [2.24, 2.45) is 0 Å². The predicted molar refractivity (Wildman–Crippen MR) is 68.0 cm³/mol. The smallest absolute Gasteiger partial charge is 0.153 e. The van der Waals surface area contributed by atoms with E-state index in [-0.39, 0.29) is 5.60 Å². The molecule has 0 bridgehead atoms. The summed E-state index contributed by atoms with van der Waals surface area (Å²) < 4.78 is 10.8. The number of hydrogen-bond acceptors (Lipinski definition) is 3. The van der Waals surface area contributed by atoms with Gasteiger partial charge in [-0.2, -0.15) is 0 Å². The van der Waals surface area contributed by atoms with Gasteiger partial charge >= 0.3 is 0 Å². The molecule has 0 aliphatic rings. The normalized spacial score (nSPS) is 11.3. The zero-order valence-corrected chi connectivity index (χ0v) is 11.1. The highest BCUT2D eigenvalue weighted by Gasteiger charge is 2.17. The Bertz CT molecular complexity index is 388. The second kappa shape index (κ2) is 6.03. The summed E-state index contributed by atoms with van der Waals surface area (Å²) in [6.07, 6.45) is 1.45. The van der Waals surface area contributed by atoms with Crippen LogP contribution in [0.1, 0.15) is 30.6 Å². The minimum Gasteiger partial charge on any atom is -0.491 e. The third-order valence-corrected chi connectivity index (χ3v) is 2.93. The minimum atomic E-state index is -0.247. The highest BCUT2D eigenvalue weighted by molar-refractivity contribution is 6.32. The number of ether oxygens (including phenoxy) is 2. The molecule has 0 N–H and O–H groups in total. The van der Waals surface area contributed by atoms with Crippen LogP contribution in [0.5, 0.6) is 5.75 Å². The van der Waals surface area contributed by atoms with Crippen molar-refractivity contribution in [1.29, 1.82) is 0 Å². The summed E-state index contributed by atoms with van der Waals surface area (Å²) in [6.45, 7) is 4.40. The average molecular weight is 257 g/mol. The van der Waals surface area contributed by atoms with Gasteiger partial charge in [0.05, 0.1) is 22.8 Å². The number of carbonyl (C=O) groups is 1. The molecular weight excluding hydrogens is 240 g/mol. The van der Waals surface area contributed by atoms with Gasteiger partial charge in [0.1, 0.15) is 5.75 Å². The fraction of sp³-hybridized carbons (Fsp3) is 0.462. The molecule has 1 aromatic rings. The van der Waals surface area contributed by atoms with E-state index < -0.39 is 0 Å². The molecule has 1 aromatic carbocycles. The molecule has 0 saturated heterocycles. The van der Waals surface area contributed by atoms with Gasteiger partial charge in [-0.1, -0.05) is 17.7 Å². The molecule has 0 fully saturated rings. The van der Waals surface area contributed by atoms with Crippen LogP contribution in [0, 0.1) is 0 Å². The highest BCUT2D eigenvalue weighted by atomic mass is 35.5. The Labute approximate surface area is 107 Å². The summed E-state index contributed by atoms with van der Waals surface area (Å²) in [5, 5.41) is 0.449. The van der Waals surface area contributed by atoms with E-state index >= 15 is 0 Å². The van der Waals surface area contributed by atoms with Crippen LogP contribution in [0.15, 0.2) is 18.2 Å². The molecule has 0 heterocycles. The molecule has 0 radical (unpaired) electrons. The van der Waals surface area contributed by atoms with Gasteiger partial charge in [-0.25, -0.2) is 0 Å². The first kappa shape index (κ1) is 14.0. The largest absolute Gasteiger partial charge is 0.491 e. The van der Waals surface area contributed by atoms with Gasteiger partial charge in [-0.05, 0) is 26.0 Å². The van der Waals surface area contributed by atoms with Gasteiger partial charge in [0.25, 0.3) is 0 Å². The topological polar surface area (TPSA) is 35.5 Å². The van der Waals surface area contributed by atoms with Crippen molar-refractivity contribution in [1.82, 2.24) is 0 Å². The standard InChI is InChI=1S/C13H17ClO3/c1-13(2,16-3)7-8-17-12-10(9-15)5-4-6-11(12)14/h4-6,9H,7-8H2,1-3H3. The maximum atomic E-state index is 10.8. The molecule has 0 saturated carbocycles. The first-order chi connectivity index (χ1) is 8.00. The number of benzene rings is 1. The monoisotopic (exact) mass is 256 g/mol. The Morgan fingerprint density at radius 1 is 1.41 bits per heavy atom. The second-order valence-electron chi connectivity index (χ2n) is 4.34. The Morgan fingerprint density at radius 2 is 2.12 bits per heavy atom.